The Bertz CT molecular complexity index is 551. The number of likely N-dealkylation sites (N-methyl/N-ethyl adjacent to an activating group) is 1. The Morgan fingerprint density at radius 1 is 1.44 bits per heavy atom. The highest BCUT2D eigenvalue weighted by molar-refractivity contribution is 6.31. The van der Waals surface area contributed by atoms with Gasteiger partial charge in [-0.2, -0.15) is 0 Å². The summed E-state index contributed by atoms with van der Waals surface area (Å²) in [5.74, 6) is 0.501. The molecule has 1 aromatic heterocycles. The van der Waals surface area contributed by atoms with Crippen LogP contribution in [0.5, 0.6) is 0 Å². The molecule has 18 heavy (non-hydrogen) atoms. The molecule has 1 aromatic carbocycles. The minimum absolute atomic E-state index is 0.117. The summed E-state index contributed by atoms with van der Waals surface area (Å²) >= 11 is 5.78. The van der Waals surface area contributed by atoms with Gasteiger partial charge in [0.15, 0.2) is 0 Å². The van der Waals surface area contributed by atoms with Gasteiger partial charge in [-0.05, 0) is 32.2 Å². The number of aryl methyl sites for hydroxylation is 1. The summed E-state index contributed by atoms with van der Waals surface area (Å²) in [6.07, 6.45) is 0.826. The Labute approximate surface area is 110 Å². The van der Waals surface area contributed by atoms with Crippen LogP contribution >= 0.6 is 11.6 Å². The molecule has 0 amide bonds. The third-order valence-electron chi connectivity index (χ3n) is 2.74. The van der Waals surface area contributed by atoms with Crippen molar-refractivity contribution in [3.8, 4) is 11.3 Å². The third kappa shape index (κ3) is 2.71. The van der Waals surface area contributed by atoms with E-state index in [0.29, 0.717) is 0 Å². The number of hydrogen-bond donors (Lipinski definition) is 2. The van der Waals surface area contributed by atoms with Gasteiger partial charge in [0.25, 0.3) is 0 Å². The summed E-state index contributed by atoms with van der Waals surface area (Å²) in [7, 11) is 1.90. The van der Waals surface area contributed by atoms with Crippen LogP contribution in [-0.2, 0) is 6.42 Å². The van der Waals surface area contributed by atoms with Crippen LogP contribution in [0.3, 0.4) is 0 Å². The average Bonchev–Trinajstić information content (AvgIpc) is 2.71. The minimum atomic E-state index is -0.413. The van der Waals surface area contributed by atoms with Crippen LogP contribution in [0.1, 0.15) is 11.5 Å². The van der Waals surface area contributed by atoms with E-state index in [-0.39, 0.29) is 5.02 Å². The normalized spacial score (nSPS) is 10.9. The topological polar surface area (TPSA) is 40.7 Å². The van der Waals surface area contributed by atoms with E-state index in [2.05, 4.69) is 15.3 Å². The lowest BCUT2D eigenvalue weighted by Gasteiger charge is -2.00. The number of rotatable bonds is 4. The fourth-order valence-corrected chi connectivity index (χ4v) is 1.99. The Balaban J connectivity index is 2.32. The van der Waals surface area contributed by atoms with Gasteiger partial charge < -0.3 is 10.3 Å². The molecule has 3 nitrogen and oxygen atoms in total. The predicted molar refractivity (Wildman–Crippen MR) is 71.4 cm³/mol. The lowest BCUT2D eigenvalue weighted by Crippen LogP contribution is -2.11. The first-order valence-corrected chi connectivity index (χ1v) is 6.15. The Kier molecular flexibility index (Phi) is 3.99. The molecule has 0 unspecified atom stereocenters. The molecule has 0 fully saturated rings. The molecule has 0 saturated carbocycles. The summed E-state index contributed by atoms with van der Waals surface area (Å²) in [4.78, 5) is 7.74. The number of aromatic nitrogens is 2. The second-order valence-electron chi connectivity index (χ2n) is 4.14. The predicted octanol–water partition coefficient (Wildman–Crippen LogP) is 2.94. The molecule has 2 aromatic rings. The average molecular weight is 268 g/mol. The van der Waals surface area contributed by atoms with E-state index < -0.39 is 5.82 Å². The summed E-state index contributed by atoms with van der Waals surface area (Å²) in [6.45, 7) is 2.80. The molecule has 0 radical (unpaired) electrons. The first-order valence-electron chi connectivity index (χ1n) is 5.77. The highest BCUT2D eigenvalue weighted by Crippen LogP contribution is 2.25. The number of nitrogens with one attached hydrogen (secondary N) is 2. The van der Waals surface area contributed by atoms with E-state index in [1.54, 1.807) is 12.1 Å². The van der Waals surface area contributed by atoms with Gasteiger partial charge in [0.2, 0.25) is 0 Å². The second kappa shape index (κ2) is 5.50. The molecule has 0 spiro atoms. The molecule has 0 atom stereocenters. The van der Waals surface area contributed by atoms with Crippen LogP contribution in [0.25, 0.3) is 11.3 Å². The van der Waals surface area contributed by atoms with Gasteiger partial charge in [0.05, 0.1) is 10.7 Å². The van der Waals surface area contributed by atoms with Gasteiger partial charge >= 0.3 is 0 Å². The molecule has 0 bridgehead atoms. The maximum absolute atomic E-state index is 13.1. The number of aromatic amines is 1. The number of halogens is 2. The van der Waals surface area contributed by atoms with Gasteiger partial charge in [-0.3, -0.25) is 0 Å². The lowest BCUT2D eigenvalue weighted by atomic mass is 10.1. The number of hydrogen-bond acceptors (Lipinski definition) is 2. The molecule has 0 aliphatic heterocycles. The Morgan fingerprint density at radius 2 is 2.22 bits per heavy atom. The molecule has 5 heteroatoms. The third-order valence-corrected chi connectivity index (χ3v) is 3.03. The van der Waals surface area contributed by atoms with Crippen molar-refractivity contribution >= 4 is 11.6 Å². The Hall–Kier alpha value is -1.39. The number of H-pyrrole nitrogens is 1. The molecule has 0 aliphatic rings. The first-order chi connectivity index (χ1) is 8.61. The van der Waals surface area contributed by atoms with Gasteiger partial charge in [-0.1, -0.05) is 11.6 Å². The monoisotopic (exact) mass is 267 g/mol. The number of benzene rings is 1. The van der Waals surface area contributed by atoms with E-state index in [1.165, 1.54) is 6.07 Å². The van der Waals surface area contributed by atoms with Gasteiger partial charge in [0.1, 0.15) is 11.6 Å². The van der Waals surface area contributed by atoms with Crippen molar-refractivity contribution in [2.75, 3.05) is 13.6 Å². The molecular weight excluding hydrogens is 253 g/mol. The van der Waals surface area contributed by atoms with Gasteiger partial charge in [-0.25, -0.2) is 9.37 Å². The molecule has 0 aliphatic carbocycles. The van der Waals surface area contributed by atoms with Gasteiger partial charge in [-0.15, -0.1) is 0 Å². The van der Waals surface area contributed by atoms with E-state index in [1.807, 2.05) is 14.0 Å². The highest BCUT2D eigenvalue weighted by atomic mass is 35.5. The van der Waals surface area contributed by atoms with E-state index >= 15 is 0 Å². The second-order valence-corrected chi connectivity index (χ2v) is 4.55. The van der Waals surface area contributed by atoms with Crippen molar-refractivity contribution in [1.82, 2.24) is 15.3 Å². The standard InChI is InChI=1S/C13H15ClFN3/c1-8-13(18-12(17-8)5-6-16-2)9-3-4-11(15)10(14)7-9/h3-4,7,16H,5-6H2,1-2H3,(H,17,18). The molecule has 2 rings (SSSR count). The zero-order chi connectivity index (χ0) is 13.1. The number of nitrogens with zero attached hydrogens (tertiary/aromatic N) is 1. The molecular formula is C13H15ClFN3. The highest BCUT2D eigenvalue weighted by Gasteiger charge is 2.10. The lowest BCUT2D eigenvalue weighted by molar-refractivity contribution is 0.628. The Morgan fingerprint density at radius 3 is 2.89 bits per heavy atom. The van der Waals surface area contributed by atoms with Crippen molar-refractivity contribution in [2.24, 2.45) is 0 Å². The maximum atomic E-state index is 13.1. The zero-order valence-corrected chi connectivity index (χ0v) is 11.1. The van der Waals surface area contributed by atoms with Crippen LogP contribution in [0.15, 0.2) is 18.2 Å². The van der Waals surface area contributed by atoms with Crippen molar-refractivity contribution < 1.29 is 4.39 Å². The first kappa shape index (κ1) is 13.1. The number of imidazole rings is 1. The molecule has 1 heterocycles. The van der Waals surface area contributed by atoms with Crippen LogP contribution in [0.2, 0.25) is 5.02 Å². The van der Waals surface area contributed by atoms with E-state index in [0.717, 1.165) is 35.7 Å². The summed E-state index contributed by atoms with van der Waals surface area (Å²) in [6, 6.07) is 4.65. The smallest absolute Gasteiger partial charge is 0.141 e. The van der Waals surface area contributed by atoms with Crippen LogP contribution in [-0.4, -0.2) is 23.6 Å². The van der Waals surface area contributed by atoms with Crippen molar-refractivity contribution in [3.63, 3.8) is 0 Å². The van der Waals surface area contributed by atoms with Crippen molar-refractivity contribution in [2.45, 2.75) is 13.3 Å². The fourth-order valence-electron chi connectivity index (χ4n) is 1.81. The largest absolute Gasteiger partial charge is 0.346 e. The molecule has 0 saturated heterocycles. The van der Waals surface area contributed by atoms with Crippen LogP contribution < -0.4 is 5.32 Å². The van der Waals surface area contributed by atoms with Crippen molar-refractivity contribution in [3.05, 3.63) is 40.6 Å². The zero-order valence-electron chi connectivity index (χ0n) is 10.3. The van der Waals surface area contributed by atoms with Gasteiger partial charge in [0, 0.05) is 24.2 Å². The van der Waals surface area contributed by atoms with Crippen molar-refractivity contribution in [1.29, 1.82) is 0 Å². The summed E-state index contributed by atoms with van der Waals surface area (Å²) < 4.78 is 13.1. The summed E-state index contributed by atoms with van der Waals surface area (Å²) in [5.41, 5.74) is 2.61. The minimum Gasteiger partial charge on any atom is -0.346 e. The molecule has 2 N–H and O–H groups in total. The maximum Gasteiger partial charge on any atom is 0.141 e. The van der Waals surface area contributed by atoms with Crippen LogP contribution in [0, 0.1) is 12.7 Å². The van der Waals surface area contributed by atoms with Crippen LogP contribution in [0.4, 0.5) is 4.39 Å². The quantitative estimate of drug-likeness (QED) is 0.894. The molecule has 96 valence electrons. The van der Waals surface area contributed by atoms with E-state index in [9.17, 15) is 4.39 Å². The SMILES string of the molecule is CNCCc1nc(-c2ccc(F)c(Cl)c2)c(C)[nH]1. The van der Waals surface area contributed by atoms with E-state index in [4.69, 9.17) is 11.6 Å². The fraction of sp³-hybridized carbons (Fsp3) is 0.308. The summed E-state index contributed by atoms with van der Waals surface area (Å²) in [5, 5.41) is 3.19.